The van der Waals surface area contributed by atoms with Crippen LogP contribution in [0.2, 0.25) is 0 Å². The van der Waals surface area contributed by atoms with Crippen molar-refractivity contribution in [3.8, 4) is 5.75 Å². The van der Waals surface area contributed by atoms with Crippen molar-refractivity contribution in [2.75, 3.05) is 7.11 Å². The highest BCUT2D eigenvalue weighted by Gasteiger charge is 2.23. The van der Waals surface area contributed by atoms with E-state index in [9.17, 15) is 4.39 Å². The maximum absolute atomic E-state index is 14.2. The molecule has 0 aliphatic carbocycles. The summed E-state index contributed by atoms with van der Waals surface area (Å²) in [7, 11) is 1.64. The van der Waals surface area contributed by atoms with Crippen molar-refractivity contribution < 1.29 is 9.13 Å². The Labute approximate surface area is 149 Å². The highest BCUT2D eigenvalue weighted by atomic mass is 79.9. The molecule has 5 heteroatoms. The summed E-state index contributed by atoms with van der Waals surface area (Å²) < 4.78 is 21.5. The fourth-order valence-electron chi connectivity index (χ4n) is 2.31. The van der Waals surface area contributed by atoms with Crippen LogP contribution in [-0.4, -0.2) is 7.11 Å². The zero-order valence-electron chi connectivity index (χ0n) is 11.8. The molecule has 1 nitrogen and oxygen atoms in total. The van der Waals surface area contributed by atoms with Crippen molar-refractivity contribution in [3.63, 3.8) is 0 Å². The van der Waals surface area contributed by atoms with Gasteiger partial charge in [0.15, 0.2) is 0 Å². The molecule has 2 aromatic rings. The first kappa shape index (κ1) is 17.0. The lowest BCUT2D eigenvalue weighted by Crippen LogP contribution is -2.04. The molecule has 0 aliphatic rings. The monoisotopic (exact) mass is 478 g/mol. The Balaban J connectivity index is 2.65. The molecule has 0 aromatic heterocycles. The molecule has 0 radical (unpaired) electrons. The van der Waals surface area contributed by atoms with Gasteiger partial charge in [-0.2, -0.15) is 0 Å². The van der Waals surface area contributed by atoms with Crippen LogP contribution in [-0.2, 0) is 0 Å². The van der Waals surface area contributed by atoms with E-state index < -0.39 is 0 Å². The predicted molar refractivity (Wildman–Crippen MR) is 95.0 cm³/mol. The molecule has 0 saturated heterocycles. The normalized spacial score (nSPS) is 12.3. The summed E-state index contributed by atoms with van der Waals surface area (Å²) in [6.07, 6.45) is 0. The molecule has 0 bridgehead atoms. The number of ether oxygens (including phenoxy) is 1. The van der Waals surface area contributed by atoms with E-state index in [2.05, 4.69) is 47.8 Å². The smallest absolute Gasteiger partial charge is 0.129 e. The number of aryl methyl sites for hydroxylation is 1. The summed E-state index contributed by atoms with van der Waals surface area (Å²) in [5.41, 5.74) is 3.55. The number of methoxy groups -OCH3 is 1. The first-order chi connectivity index (χ1) is 9.86. The Hall–Kier alpha value is -0.390. The van der Waals surface area contributed by atoms with Crippen LogP contribution < -0.4 is 4.74 Å². The number of alkyl halides is 1. The maximum Gasteiger partial charge on any atom is 0.129 e. The third-order valence-electron chi connectivity index (χ3n) is 3.40. The SMILES string of the molecule is COc1c(C)cc(Br)c(C)c1C(Br)c1ccc(Br)cc1F. The molecule has 112 valence electrons. The van der Waals surface area contributed by atoms with Crippen LogP contribution in [0.15, 0.2) is 33.2 Å². The van der Waals surface area contributed by atoms with Gasteiger partial charge in [-0.15, -0.1) is 0 Å². The van der Waals surface area contributed by atoms with Crippen molar-refractivity contribution in [1.29, 1.82) is 0 Å². The van der Waals surface area contributed by atoms with Crippen molar-refractivity contribution >= 4 is 47.8 Å². The molecule has 0 aliphatic heterocycles. The van der Waals surface area contributed by atoms with E-state index in [0.717, 1.165) is 31.4 Å². The zero-order valence-corrected chi connectivity index (χ0v) is 16.6. The molecule has 2 aromatic carbocycles. The predicted octanol–water partition coefficient (Wildman–Crippen LogP) is 6.46. The molecule has 0 spiro atoms. The second-order valence-corrected chi connectivity index (χ2v) is 7.46. The molecular formula is C16H14Br3FO. The highest BCUT2D eigenvalue weighted by molar-refractivity contribution is 9.11. The topological polar surface area (TPSA) is 9.23 Å². The van der Waals surface area contributed by atoms with E-state index in [1.165, 1.54) is 6.07 Å². The molecule has 0 saturated carbocycles. The summed E-state index contributed by atoms with van der Waals surface area (Å²) in [5.74, 6) is 0.519. The second kappa shape index (κ2) is 6.80. The minimum absolute atomic E-state index is 0.259. The second-order valence-electron chi connectivity index (χ2n) is 4.78. The van der Waals surface area contributed by atoms with E-state index >= 15 is 0 Å². The molecule has 1 atom stereocenters. The van der Waals surface area contributed by atoms with Crippen molar-refractivity contribution in [3.05, 3.63) is 61.3 Å². The van der Waals surface area contributed by atoms with Gasteiger partial charge in [-0.05, 0) is 43.2 Å². The number of hydrogen-bond acceptors (Lipinski definition) is 1. The van der Waals surface area contributed by atoms with Gasteiger partial charge >= 0.3 is 0 Å². The van der Waals surface area contributed by atoms with Gasteiger partial charge in [0.2, 0.25) is 0 Å². The van der Waals surface area contributed by atoms with E-state index in [1.54, 1.807) is 13.2 Å². The van der Waals surface area contributed by atoms with Crippen LogP contribution in [0.3, 0.4) is 0 Å². The highest BCUT2D eigenvalue weighted by Crippen LogP contribution is 2.43. The van der Waals surface area contributed by atoms with E-state index in [4.69, 9.17) is 4.74 Å². The quantitative estimate of drug-likeness (QED) is 0.458. The average molecular weight is 481 g/mol. The summed E-state index contributed by atoms with van der Waals surface area (Å²) in [5, 5.41) is 0. The Kier molecular flexibility index (Phi) is 5.49. The van der Waals surface area contributed by atoms with Gasteiger partial charge in [0, 0.05) is 20.1 Å². The lowest BCUT2D eigenvalue weighted by atomic mass is 9.96. The third kappa shape index (κ3) is 3.35. The van der Waals surface area contributed by atoms with Crippen molar-refractivity contribution in [2.24, 2.45) is 0 Å². The molecule has 2 rings (SSSR count). The van der Waals surface area contributed by atoms with Crippen LogP contribution in [0.5, 0.6) is 5.75 Å². The lowest BCUT2D eigenvalue weighted by Gasteiger charge is -2.21. The van der Waals surface area contributed by atoms with Crippen LogP contribution >= 0.6 is 47.8 Å². The first-order valence-corrected chi connectivity index (χ1v) is 8.79. The minimum Gasteiger partial charge on any atom is -0.496 e. The molecule has 0 amide bonds. The van der Waals surface area contributed by atoms with Crippen LogP contribution in [0.25, 0.3) is 0 Å². The Morgan fingerprint density at radius 3 is 2.38 bits per heavy atom. The zero-order chi connectivity index (χ0) is 15.7. The van der Waals surface area contributed by atoms with Crippen LogP contribution in [0.1, 0.15) is 27.1 Å². The van der Waals surface area contributed by atoms with Gasteiger partial charge in [0.25, 0.3) is 0 Å². The molecule has 0 heterocycles. The van der Waals surface area contributed by atoms with E-state index in [-0.39, 0.29) is 10.6 Å². The fraction of sp³-hybridized carbons (Fsp3) is 0.250. The Bertz CT molecular complexity index is 686. The van der Waals surface area contributed by atoms with Crippen molar-refractivity contribution in [1.82, 2.24) is 0 Å². The largest absolute Gasteiger partial charge is 0.496 e. The number of rotatable bonds is 3. The van der Waals surface area contributed by atoms with E-state index in [1.807, 2.05) is 26.0 Å². The van der Waals surface area contributed by atoms with Gasteiger partial charge in [-0.1, -0.05) is 53.9 Å². The number of halogens is 4. The standard InChI is InChI=1S/C16H14Br3FO/c1-8-6-12(18)9(2)14(16(8)21-3)15(19)11-5-4-10(17)7-13(11)20/h4-7,15H,1-3H3. The van der Waals surface area contributed by atoms with Crippen molar-refractivity contribution in [2.45, 2.75) is 18.7 Å². The minimum atomic E-state index is -0.281. The van der Waals surface area contributed by atoms with Gasteiger partial charge < -0.3 is 4.74 Å². The summed E-state index contributed by atoms with van der Waals surface area (Å²) >= 11 is 10.5. The molecular weight excluding hydrogens is 467 g/mol. The molecule has 0 N–H and O–H groups in total. The van der Waals surface area contributed by atoms with Gasteiger partial charge in [0.05, 0.1) is 11.9 Å². The molecule has 21 heavy (non-hydrogen) atoms. The van der Waals surface area contributed by atoms with Crippen LogP contribution in [0, 0.1) is 19.7 Å². The number of benzene rings is 2. The van der Waals surface area contributed by atoms with Crippen LogP contribution in [0.4, 0.5) is 4.39 Å². The summed E-state index contributed by atoms with van der Waals surface area (Å²) in [4.78, 5) is -0.281. The molecule has 0 fully saturated rings. The van der Waals surface area contributed by atoms with Gasteiger partial charge in [-0.3, -0.25) is 0 Å². The van der Waals surface area contributed by atoms with E-state index in [0.29, 0.717) is 5.56 Å². The lowest BCUT2D eigenvalue weighted by molar-refractivity contribution is 0.406. The molecule has 1 unspecified atom stereocenters. The van der Waals surface area contributed by atoms with Gasteiger partial charge in [0.1, 0.15) is 11.6 Å². The maximum atomic E-state index is 14.2. The fourth-order valence-corrected chi connectivity index (χ4v) is 4.13. The third-order valence-corrected chi connectivity index (χ3v) is 5.67. The summed E-state index contributed by atoms with van der Waals surface area (Å²) in [6, 6.07) is 7.08. The average Bonchev–Trinajstić information content (AvgIpc) is 2.41. The number of hydrogen-bond donors (Lipinski definition) is 0. The Morgan fingerprint density at radius 2 is 1.81 bits per heavy atom. The first-order valence-electron chi connectivity index (χ1n) is 6.29. The van der Waals surface area contributed by atoms with Gasteiger partial charge in [-0.25, -0.2) is 4.39 Å². The summed E-state index contributed by atoms with van der Waals surface area (Å²) in [6.45, 7) is 3.97. The Morgan fingerprint density at radius 1 is 1.14 bits per heavy atom.